The Balaban J connectivity index is 2.11. The molecule has 110 valence electrons. The Morgan fingerprint density at radius 3 is 2.80 bits per heavy atom. The Bertz CT molecular complexity index is 470. The third kappa shape index (κ3) is 3.97. The summed E-state index contributed by atoms with van der Waals surface area (Å²) in [5.74, 6) is 1.03. The van der Waals surface area contributed by atoms with Gasteiger partial charge in [0.15, 0.2) is 0 Å². The number of anilines is 1. The molecule has 1 fully saturated rings. The van der Waals surface area contributed by atoms with Crippen LogP contribution in [-0.4, -0.2) is 18.6 Å². The minimum atomic E-state index is 0.101. The van der Waals surface area contributed by atoms with Crippen LogP contribution in [0.25, 0.3) is 0 Å². The average Bonchev–Trinajstić information content (AvgIpc) is 3.26. The molecule has 0 spiro atoms. The van der Waals surface area contributed by atoms with Gasteiger partial charge in [-0.15, -0.1) is 0 Å². The van der Waals surface area contributed by atoms with Gasteiger partial charge in [-0.2, -0.15) is 0 Å². The molecule has 1 aliphatic carbocycles. The standard InChI is InChI=1S/C16H24N2O2/c1-3-13(17)9-11-5-8-14(15(10-11)20-4-2)18-16(19)12-6-7-12/h5,8,10,12-13H,3-4,6-7,9,17H2,1-2H3,(H,18,19). The molecule has 3 N–H and O–H groups in total. The molecule has 0 aromatic heterocycles. The second kappa shape index (κ2) is 6.75. The Morgan fingerprint density at radius 1 is 1.45 bits per heavy atom. The van der Waals surface area contributed by atoms with E-state index in [4.69, 9.17) is 10.5 Å². The van der Waals surface area contributed by atoms with Crippen LogP contribution in [0.4, 0.5) is 5.69 Å². The maximum absolute atomic E-state index is 11.9. The van der Waals surface area contributed by atoms with Crippen LogP contribution in [0.3, 0.4) is 0 Å². The van der Waals surface area contributed by atoms with Crippen LogP contribution in [0, 0.1) is 5.92 Å². The SMILES string of the molecule is CCOc1cc(CC(N)CC)ccc1NC(=O)C1CC1. The molecule has 1 unspecified atom stereocenters. The highest BCUT2D eigenvalue weighted by molar-refractivity contribution is 5.95. The molecule has 1 amide bonds. The van der Waals surface area contributed by atoms with Crippen LogP contribution in [0.2, 0.25) is 0 Å². The van der Waals surface area contributed by atoms with Crippen molar-refractivity contribution < 1.29 is 9.53 Å². The van der Waals surface area contributed by atoms with Crippen molar-refractivity contribution in [1.82, 2.24) is 0 Å². The molecular formula is C16H24N2O2. The van der Waals surface area contributed by atoms with Crippen molar-refractivity contribution in [3.63, 3.8) is 0 Å². The summed E-state index contributed by atoms with van der Waals surface area (Å²) in [7, 11) is 0. The van der Waals surface area contributed by atoms with Gasteiger partial charge in [-0.25, -0.2) is 0 Å². The lowest BCUT2D eigenvalue weighted by Gasteiger charge is -2.15. The first-order valence-corrected chi connectivity index (χ1v) is 7.46. The zero-order valence-electron chi connectivity index (χ0n) is 12.3. The minimum absolute atomic E-state index is 0.101. The van der Waals surface area contributed by atoms with Crippen LogP contribution in [0.1, 0.15) is 38.7 Å². The molecule has 4 nitrogen and oxygen atoms in total. The van der Waals surface area contributed by atoms with Gasteiger partial charge in [0.25, 0.3) is 0 Å². The number of benzene rings is 1. The molecule has 1 atom stereocenters. The second-order valence-corrected chi connectivity index (χ2v) is 5.40. The van der Waals surface area contributed by atoms with E-state index in [0.29, 0.717) is 6.61 Å². The third-order valence-corrected chi connectivity index (χ3v) is 3.57. The number of amides is 1. The molecule has 0 heterocycles. The first kappa shape index (κ1) is 14.9. The number of hydrogen-bond acceptors (Lipinski definition) is 3. The van der Waals surface area contributed by atoms with Gasteiger partial charge in [0.05, 0.1) is 12.3 Å². The largest absolute Gasteiger partial charge is 0.492 e. The number of ether oxygens (including phenoxy) is 1. The molecule has 1 aliphatic rings. The average molecular weight is 276 g/mol. The molecule has 0 saturated heterocycles. The van der Waals surface area contributed by atoms with Gasteiger partial charge in [0, 0.05) is 12.0 Å². The molecular weight excluding hydrogens is 252 g/mol. The normalized spacial score (nSPS) is 15.8. The van der Waals surface area contributed by atoms with Gasteiger partial charge >= 0.3 is 0 Å². The molecule has 2 rings (SSSR count). The van der Waals surface area contributed by atoms with Crippen molar-refractivity contribution in [3.8, 4) is 5.75 Å². The van der Waals surface area contributed by atoms with E-state index in [2.05, 4.69) is 12.2 Å². The maximum atomic E-state index is 11.9. The summed E-state index contributed by atoms with van der Waals surface area (Å²) in [6.45, 7) is 4.60. The Kier molecular flexibility index (Phi) is 5.01. The minimum Gasteiger partial charge on any atom is -0.492 e. The summed E-state index contributed by atoms with van der Waals surface area (Å²) in [5.41, 5.74) is 7.89. The van der Waals surface area contributed by atoms with E-state index in [9.17, 15) is 4.79 Å². The van der Waals surface area contributed by atoms with Gasteiger partial charge in [-0.3, -0.25) is 4.79 Å². The summed E-state index contributed by atoms with van der Waals surface area (Å²) in [6.07, 6.45) is 3.77. The number of rotatable bonds is 7. The van der Waals surface area contributed by atoms with Crippen molar-refractivity contribution in [2.45, 2.75) is 45.6 Å². The second-order valence-electron chi connectivity index (χ2n) is 5.40. The van der Waals surface area contributed by atoms with Crippen LogP contribution in [-0.2, 0) is 11.2 Å². The van der Waals surface area contributed by atoms with E-state index in [-0.39, 0.29) is 17.9 Å². The van der Waals surface area contributed by atoms with E-state index in [1.54, 1.807) is 0 Å². The number of nitrogens with two attached hydrogens (primary N) is 1. The van der Waals surface area contributed by atoms with Gasteiger partial charge in [-0.05, 0) is 50.3 Å². The molecule has 20 heavy (non-hydrogen) atoms. The van der Waals surface area contributed by atoms with Crippen LogP contribution in [0.5, 0.6) is 5.75 Å². The topological polar surface area (TPSA) is 64.3 Å². The maximum Gasteiger partial charge on any atom is 0.227 e. The first-order chi connectivity index (χ1) is 9.63. The number of carbonyl (C=O) groups excluding carboxylic acids is 1. The fraction of sp³-hybridized carbons (Fsp3) is 0.562. The summed E-state index contributed by atoms with van der Waals surface area (Å²) in [5, 5.41) is 2.96. The summed E-state index contributed by atoms with van der Waals surface area (Å²) in [6, 6.07) is 6.09. The number of carbonyl (C=O) groups is 1. The fourth-order valence-corrected chi connectivity index (χ4v) is 2.10. The molecule has 1 aromatic rings. The number of hydrogen-bond donors (Lipinski definition) is 2. The molecule has 1 saturated carbocycles. The van der Waals surface area contributed by atoms with Crippen LogP contribution < -0.4 is 15.8 Å². The van der Waals surface area contributed by atoms with Crippen molar-refractivity contribution in [3.05, 3.63) is 23.8 Å². The van der Waals surface area contributed by atoms with Gasteiger partial charge in [0.1, 0.15) is 5.75 Å². The highest BCUT2D eigenvalue weighted by Gasteiger charge is 2.30. The van der Waals surface area contributed by atoms with Crippen LogP contribution >= 0.6 is 0 Å². The predicted octanol–water partition coefficient (Wildman–Crippen LogP) is 2.71. The zero-order valence-corrected chi connectivity index (χ0v) is 12.3. The van der Waals surface area contributed by atoms with Gasteiger partial charge < -0.3 is 15.8 Å². The quantitative estimate of drug-likeness (QED) is 0.804. The van der Waals surface area contributed by atoms with E-state index >= 15 is 0 Å². The smallest absolute Gasteiger partial charge is 0.227 e. The van der Waals surface area contributed by atoms with E-state index < -0.39 is 0 Å². The Morgan fingerprint density at radius 2 is 2.20 bits per heavy atom. The summed E-state index contributed by atoms with van der Waals surface area (Å²) in [4.78, 5) is 11.9. The molecule has 0 aliphatic heterocycles. The monoisotopic (exact) mass is 276 g/mol. The highest BCUT2D eigenvalue weighted by atomic mass is 16.5. The molecule has 0 radical (unpaired) electrons. The van der Waals surface area contributed by atoms with E-state index in [1.165, 1.54) is 0 Å². The third-order valence-electron chi connectivity index (χ3n) is 3.57. The van der Waals surface area contributed by atoms with Crippen LogP contribution in [0.15, 0.2) is 18.2 Å². The fourth-order valence-electron chi connectivity index (χ4n) is 2.10. The highest BCUT2D eigenvalue weighted by Crippen LogP contribution is 2.33. The Hall–Kier alpha value is -1.55. The lowest BCUT2D eigenvalue weighted by molar-refractivity contribution is -0.117. The Labute approximate surface area is 120 Å². The van der Waals surface area contributed by atoms with Gasteiger partial charge in [0.2, 0.25) is 5.91 Å². The lowest BCUT2D eigenvalue weighted by Crippen LogP contribution is -2.21. The zero-order chi connectivity index (χ0) is 14.5. The summed E-state index contributed by atoms with van der Waals surface area (Å²) < 4.78 is 5.64. The van der Waals surface area contributed by atoms with Crippen molar-refractivity contribution in [2.24, 2.45) is 11.7 Å². The first-order valence-electron chi connectivity index (χ1n) is 7.46. The molecule has 0 bridgehead atoms. The van der Waals surface area contributed by atoms with Gasteiger partial charge in [-0.1, -0.05) is 13.0 Å². The predicted molar refractivity (Wildman–Crippen MR) is 80.9 cm³/mol. The molecule has 1 aromatic carbocycles. The van der Waals surface area contributed by atoms with Crippen molar-refractivity contribution in [2.75, 3.05) is 11.9 Å². The van der Waals surface area contributed by atoms with Crippen molar-refractivity contribution in [1.29, 1.82) is 0 Å². The summed E-state index contributed by atoms with van der Waals surface area (Å²) >= 11 is 0. The van der Waals surface area contributed by atoms with Crippen molar-refractivity contribution >= 4 is 11.6 Å². The van der Waals surface area contributed by atoms with E-state index in [0.717, 1.165) is 42.7 Å². The molecule has 4 heteroatoms. The van der Waals surface area contributed by atoms with E-state index in [1.807, 2.05) is 25.1 Å². The number of nitrogens with one attached hydrogen (secondary N) is 1. The lowest BCUT2D eigenvalue weighted by atomic mass is 10.0.